The smallest absolute Gasteiger partial charge is 0.305 e. The Morgan fingerprint density at radius 1 is 1.53 bits per heavy atom. The van der Waals surface area contributed by atoms with Crippen LogP contribution in [0.15, 0.2) is 12.4 Å². The van der Waals surface area contributed by atoms with Gasteiger partial charge < -0.3 is 10.6 Å². The van der Waals surface area contributed by atoms with Crippen molar-refractivity contribution in [2.75, 3.05) is 11.9 Å². The summed E-state index contributed by atoms with van der Waals surface area (Å²) >= 11 is 0. The van der Waals surface area contributed by atoms with Gasteiger partial charge in [0.2, 0.25) is 5.95 Å². The maximum Gasteiger partial charge on any atom is 0.305 e. The fraction of sp³-hybridized carbons (Fsp3) is 0.600. The number of aromatic nitrogens is 2. The zero-order chi connectivity index (χ0) is 12.3. The molecule has 0 bridgehead atoms. The summed E-state index contributed by atoms with van der Waals surface area (Å²) in [7, 11) is 0. The number of hydrogen-bond acceptors (Lipinski definition) is 6. The highest BCUT2D eigenvalue weighted by Crippen LogP contribution is 2.14. The average molecular weight is 237 g/mol. The molecule has 0 saturated carbocycles. The highest BCUT2D eigenvalue weighted by molar-refractivity contribution is 5.32. The Labute approximate surface area is 98.8 Å². The van der Waals surface area contributed by atoms with Crippen molar-refractivity contribution in [3.8, 4) is 0 Å². The maximum absolute atomic E-state index is 10.4. The predicted octanol–water partition coefficient (Wildman–Crippen LogP) is 0.937. The average Bonchev–Trinajstić information content (AvgIpc) is 2.33. The normalized spacial score (nSPS) is 24.3. The molecule has 1 aromatic heterocycles. The fourth-order valence-electron chi connectivity index (χ4n) is 1.90. The summed E-state index contributed by atoms with van der Waals surface area (Å²) in [6.45, 7) is 3.13. The van der Waals surface area contributed by atoms with Gasteiger partial charge in [-0.1, -0.05) is 0 Å². The van der Waals surface area contributed by atoms with Crippen LogP contribution < -0.4 is 10.6 Å². The highest BCUT2D eigenvalue weighted by atomic mass is 16.6. The van der Waals surface area contributed by atoms with Gasteiger partial charge >= 0.3 is 5.69 Å². The van der Waals surface area contributed by atoms with Crippen molar-refractivity contribution in [2.45, 2.75) is 31.8 Å². The lowest BCUT2D eigenvalue weighted by Gasteiger charge is -2.30. The number of rotatable bonds is 3. The first-order valence-electron chi connectivity index (χ1n) is 5.63. The summed E-state index contributed by atoms with van der Waals surface area (Å²) in [5, 5.41) is 17.0. The maximum atomic E-state index is 10.4. The summed E-state index contributed by atoms with van der Waals surface area (Å²) in [4.78, 5) is 17.8. The second-order valence-corrected chi connectivity index (χ2v) is 4.16. The second-order valence-electron chi connectivity index (χ2n) is 4.16. The van der Waals surface area contributed by atoms with Crippen LogP contribution in [0.25, 0.3) is 0 Å². The molecule has 2 unspecified atom stereocenters. The van der Waals surface area contributed by atoms with Crippen LogP contribution >= 0.6 is 0 Å². The molecule has 7 heteroatoms. The van der Waals surface area contributed by atoms with E-state index in [4.69, 9.17) is 0 Å². The van der Waals surface area contributed by atoms with Crippen molar-refractivity contribution in [2.24, 2.45) is 0 Å². The van der Waals surface area contributed by atoms with Gasteiger partial charge in [-0.25, -0.2) is 9.97 Å². The molecule has 17 heavy (non-hydrogen) atoms. The van der Waals surface area contributed by atoms with E-state index in [1.807, 2.05) is 0 Å². The Balaban J connectivity index is 2.00. The number of nitrogens with one attached hydrogen (secondary N) is 2. The molecule has 1 aromatic rings. The first-order valence-corrected chi connectivity index (χ1v) is 5.63. The molecule has 0 amide bonds. The Hall–Kier alpha value is -1.76. The van der Waals surface area contributed by atoms with E-state index in [0.717, 1.165) is 19.4 Å². The third-order valence-corrected chi connectivity index (χ3v) is 2.93. The molecule has 1 saturated heterocycles. The fourth-order valence-corrected chi connectivity index (χ4v) is 1.90. The predicted molar refractivity (Wildman–Crippen MR) is 62.8 cm³/mol. The SMILES string of the molecule is CC1NCCCC1Nc1ncc([N+](=O)[O-])cn1. The van der Waals surface area contributed by atoms with Crippen LogP contribution in [0.1, 0.15) is 19.8 Å². The van der Waals surface area contributed by atoms with Crippen molar-refractivity contribution >= 4 is 11.6 Å². The monoisotopic (exact) mass is 237 g/mol. The number of hydrogen-bond donors (Lipinski definition) is 2. The molecule has 1 fully saturated rings. The summed E-state index contributed by atoms with van der Waals surface area (Å²) in [6, 6.07) is 0.618. The highest BCUT2D eigenvalue weighted by Gasteiger charge is 2.21. The summed E-state index contributed by atoms with van der Waals surface area (Å²) in [5.74, 6) is 0.441. The summed E-state index contributed by atoms with van der Waals surface area (Å²) in [6.07, 6.45) is 4.59. The minimum atomic E-state index is -0.505. The lowest BCUT2D eigenvalue weighted by molar-refractivity contribution is -0.385. The van der Waals surface area contributed by atoms with Crippen LogP contribution in [0.4, 0.5) is 11.6 Å². The molecule has 1 aliphatic rings. The Morgan fingerprint density at radius 2 is 2.24 bits per heavy atom. The van der Waals surface area contributed by atoms with E-state index in [1.54, 1.807) is 0 Å². The summed E-state index contributed by atoms with van der Waals surface area (Å²) < 4.78 is 0. The Bertz CT molecular complexity index is 394. The minimum Gasteiger partial charge on any atom is -0.350 e. The van der Waals surface area contributed by atoms with E-state index in [1.165, 1.54) is 12.4 Å². The number of nitro groups is 1. The number of anilines is 1. The summed E-state index contributed by atoms with van der Waals surface area (Å²) in [5.41, 5.74) is -0.0923. The Morgan fingerprint density at radius 3 is 2.82 bits per heavy atom. The number of piperidine rings is 1. The van der Waals surface area contributed by atoms with E-state index in [9.17, 15) is 10.1 Å². The molecule has 2 heterocycles. The molecular weight excluding hydrogens is 222 g/mol. The van der Waals surface area contributed by atoms with E-state index in [2.05, 4.69) is 27.5 Å². The van der Waals surface area contributed by atoms with Gasteiger partial charge in [0.25, 0.3) is 0 Å². The van der Waals surface area contributed by atoms with Gasteiger partial charge in [-0.05, 0) is 26.3 Å². The zero-order valence-corrected chi connectivity index (χ0v) is 9.59. The topological polar surface area (TPSA) is 93.0 Å². The lowest BCUT2D eigenvalue weighted by Crippen LogP contribution is -2.46. The molecule has 0 aromatic carbocycles. The first-order chi connectivity index (χ1) is 8.16. The van der Waals surface area contributed by atoms with E-state index in [0.29, 0.717) is 12.0 Å². The standard InChI is InChI=1S/C10H15N5O2/c1-7-9(3-2-4-11-7)14-10-12-5-8(6-13-10)15(16)17/h5-7,9,11H,2-4H2,1H3,(H,12,13,14). The van der Waals surface area contributed by atoms with Gasteiger partial charge in [0.1, 0.15) is 12.4 Å². The van der Waals surface area contributed by atoms with Crippen LogP contribution in [0.2, 0.25) is 0 Å². The molecule has 0 radical (unpaired) electrons. The van der Waals surface area contributed by atoms with Gasteiger partial charge in [0.15, 0.2) is 0 Å². The Kier molecular flexibility index (Phi) is 3.48. The number of nitrogens with zero attached hydrogens (tertiary/aromatic N) is 3. The molecular formula is C10H15N5O2. The van der Waals surface area contributed by atoms with Crippen molar-refractivity contribution in [3.63, 3.8) is 0 Å². The molecule has 0 aliphatic carbocycles. The van der Waals surface area contributed by atoms with Crippen LogP contribution in [-0.2, 0) is 0 Å². The minimum absolute atomic E-state index is 0.0923. The van der Waals surface area contributed by atoms with Gasteiger partial charge in [-0.2, -0.15) is 0 Å². The van der Waals surface area contributed by atoms with Crippen LogP contribution in [0, 0.1) is 10.1 Å². The van der Waals surface area contributed by atoms with E-state index in [-0.39, 0.29) is 11.7 Å². The van der Waals surface area contributed by atoms with E-state index >= 15 is 0 Å². The molecule has 92 valence electrons. The third kappa shape index (κ3) is 2.88. The third-order valence-electron chi connectivity index (χ3n) is 2.93. The molecule has 2 N–H and O–H groups in total. The molecule has 7 nitrogen and oxygen atoms in total. The van der Waals surface area contributed by atoms with Crippen molar-refractivity contribution in [1.82, 2.24) is 15.3 Å². The molecule has 1 aliphatic heterocycles. The van der Waals surface area contributed by atoms with E-state index < -0.39 is 4.92 Å². The van der Waals surface area contributed by atoms with Gasteiger partial charge in [-0.3, -0.25) is 10.1 Å². The van der Waals surface area contributed by atoms with Crippen LogP contribution in [-0.4, -0.2) is 33.5 Å². The molecule has 2 rings (SSSR count). The molecule has 2 atom stereocenters. The lowest BCUT2D eigenvalue weighted by atomic mass is 10.0. The zero-order valence-electron chi connectivity index (χ0n) is 9.59. The largest absolute Gasteiger partial charge is 0.350 e. The molecule has 0 spiro atoms. The van der Waals surface area contributed by atoms with Crippen LogP contribution in [0.5, 0.6) is 0 Å². The first kappa shape index (κ1) is 11.7. The quantitative estimate of drug-likeness (QED) is 0.600. The van der Waals surface area contributed by atoms with Gasteiger partial charge in [-0.15, -0.1) is 0 Å². The van der Waals surface area contributed by atoms with Gasteiger partial charge in [0, 0.05) is 12.1 Å². The second kappa shape index (κ2) is 5.05. The van der Waals surface area contributed by atoms with Crippen molar-refractivity contribution in [1.29, 1.82) is 0 Å². The van der Waals surface area contributed by atoms with Crippen molar-refractivity contribution in [3.05, 3.63) is 22.5 Å². The van der Waals surface area contributed by atoms with Crippen LogP contribution in [0.3, 0.4) is 0 Å². The van der Waals surface area contributed by atoms with Crippen molar-refractivity contribution < 1.29 is 4.92 Å². The van der Waals surface area contributed by atoms with Gasteiger partial charge in [0.05, 0.1) is 4.92 Å².